The van der Waals surface area contributed by atoms with Crippen molar-refractivity contribution in [1.29, 1.82) is 0 Å². The summed E-state index contributed by atoms with van der Waals surface area (Å²) in [6.07, 6.45) is -3.49. The van der Waals surface area contributed by atoms with Crippen LogP contribution >= 0.6 is 11.6 Å². The highest BCUT2D eigenvalue weighted by Crippen LogP contribution is 2.37. The van der Waals surface area contributed by atoms with Crippen molar-refractivity contribution in [3.63, 3.8) is 0 Å². The minimum atomic E-state index is -4.73. The molecule has 0 heterocycles. The van der Waals surface area contributed by atoms with Crippen molar-refractivity contribution in [1.82, 2.24) is 0 Å². The summed E-state index contributed by atoms with van der Waals surface area (Å²) in [4.78, 5) is 21.4. The molecule has 0 saturated heterocycles. The number of ether oxygens (including phenoxy) is 2. The predicted molar refractivity (Wildman–Crippen MR) is 130 cm³/mol. The van der Waals surface area contributed by atoms with E-state index >= 15 is 0 Å². The number of hydrogen-bond acceptors (Lipinski definition) is 7. The van der Waals surface area contributed by atoms with Crippen LogP contribution in [0.25, 0.3) is 0 Å². The molecule has 3 aromatic rings. The molecule has 0 unspecified atom stereocenters. The normalized spacial score (nSPS) is 11.4. The van der Waals surface area contributed by atoms with Gasteiger partial charge in [0.2, 0.25) is 0 Å². The van der Waals surface area contributed by atoms with E-state index in [9.17, 15) is 28.1 Å². The van der Waals surface area contributed by atoms with E-state index < -0.39 is 28.3 Å². The van der Waals surface area contributed by atoms with E-state index in [4.69, 9.17) is 26.2 Å². The van der Waals surface area contributed by atoms with Crippen LogP contribution in [0.5, 0.6) is 11.5 Å². The smallest absolute Gasteiger partial charge is 0.416 e. The summed E-state index contributed by atoms with van der Waals surface area (Å²) in [5.41, 5.74) is 1.26. The van der Waals surface area contributed by atoms with Gasteiger partial charge in [-0.25, -0.2) is 4.79 Å². The number of nitrogens with one attached hydrogen (secondary N) is 1. The molecule has 0 saturated carbocycles. The maximum absolute atomic E-state index is 12.9. The van der Waals surface area contributed by atoms with Crippen LogP contribution in [0, 0.1) is 10.1 Å². The zero-order valence-electron chi connectivity index (χ0n) is 19.1. The quantitative estimate of drug-likeness (QED) is 0.174. The molecule has 0 radical (unpaired) electrons. The van der Waals surface area contributed by atoms with E-state index in [0.29, 0.717) is 23.3 Å². The summed E-state index contributed by atoms with van der Waals surface area (Å²) in [6, 6.07) is 11.2. The van der Waals surface area contributed by atoms with Gasteiger partial charge < -0.3 is 14.6 Å². The van der Waals surface area contributed by atoms with Crippen LogP contribution in [0.3, 0.4) is 0 Å². The van der Waals surface area contributed by atoms with E-state index in [1.807, 2.05) is 0 Å². The highest BCUT2D eigenvalue weighted by Gasteiger charge is 2.33. The van der Waals surface area contributed by atoms with E-state index in [0.717, 1.165) is 6.07 Å². The van der Waals surface area contributed by atoms with E-state index in [2.05, 4.69) is 10.5 Å². The lowest BCUT2D eigenvalue weighted by Gasteiger charge is -2.14. The zero-order chi connectivity index (χ0) is 27.2. The van der Waals surface area contributed by atoms with Gasteiger partial charge >= 0.3 is 12.1 Å². The lowest BCUT2D eigenvalue weighted by Crippen LogP contribution is -2.06. The summed E-state index contributed by atoms with van der Waals surface area (Å²) in [7, 11) is 0. The molecule has 0 aliphatic carbocycles. The number of rotatable bonds is 10. The van der Waals surface area contributed by atoms with Crippen molar-refractivity contribution >= 4 is 35.2 Å². The zero-order valence-corrected chi connectivity index (χ0v) is 19.8. The molecule has 194 valence electrons. The molecule has 0 atom stereocenters. The Morgan fingerprint density at radius 2 is 1.95 bits per heavy atom. The second kappa shape index (κ2) is 11.6. The molecule has 37 heavy (non-hydrogen) atoms. The topological polar surface area (TPSA) is 123 Å². The highest BCUT2D eigenvalue weighted by molar-refractivity contribution is 6.32. The van der Waals surface area contributed by atoms with Crippen LogP contribution in [0.1, 0.15) is 34.0 Å². The van der Waals surface area contributed by atoms with Crippen LogP contribution in [0.2, 0.25) is 5.02 Å². The predicted octanol–water partition coefficient (Wildman–Crippen LogP) is 6.39. The van der Waals surface area contributed by atoms with Crippen molar-refractivity contribution < 1.29 is 37.5 Å². The van der Waals surface area contributed by atoms with Crippen LogP contribution in [0.15, 0.2) is 59.7 Å². The third-order valence-corrected chi connectivity index (χ3v) is 5.09. The van der Waals surface area contributed by atoms with Crippen LogP contribution in [-0.4, -0.2) is 28.8 Å². The summed E-state index contributed by atoms with van der Waals surface area (Å²) < 4.78 is 50.0. The Hall–Kier alpha value is -4.32. The average molecular weight is 538 g/mol. The first-order valence-electron chi connectivity index (χ1n) is 10.6. The molecule has 13 heteroatoms. The minimum absolute atomic E-state index is 0.00743. The molecule has 0 aliphatic heterocycles. The van der Waals surface area contributed by atoms with Gasteiger partial charge in [-0.15, -0.1) is 0 Å². The van der Waals surface area contributed by atoms with Gasteiger partial charge in [-0.05, 0) is 54.4 Å². The summed E-state index contributed by atoms with van der Waals surface area (Å²) >= 11 is 6.36. The Labute approximate surface area is 213 Å². The first-order chi connectivity index (χ1) is 17.5. The molecule has 2 N–H and O–H groups in total. The molecule has 0 amide bonds. The van der Waals surface area contributed by atoms with Crippen molar-refractivity contribution in [2.75, 3.05) is 12.0 Å². The maximum atomic E-state index is 12.9. The number of hydrogen-bond donors (Lipinski definition) is 2. The molecule has 3 aromatic carbocycles. The van der Waals surface area contributed by atoms with Gasteiger partial charge in [-0.2, -0.15) is 18.3 Å². The molecular formula is C24H19ClF3N3O6. The molecule has 0 aromatic heterocycles. The molecule has 0 bridgehead atoms. The Morgan fingerprint density at radius 3 is 2.59 bits per heavy atom. The number of carboxylic acids is 1. The lowest BCUT2D eigenvalue weighted by molar-refractivity contribution is -0.384. The number of carboxylic acid groups (broad SMARTS) is 1. The Kier molecular flexibility index (Phi) is 8.56. The molecule has 3 rings (SSSR count). The minimum Gasteiger partial charge on any atom is -0.490 e. The molecule has 9 nitrogen and oxygen atoms in total. The first kappa shape index (κ1) is 27.3. The van der Waals surface area contributed by atoms with Gasteiger partial charge in [0.25, 0.3) is 5.69 Å². The number of benzene rings is 3. The van der Waals surface area contributed by atoms with Crippen molar-refractivity contribution in [3.8, 4) is 11.5 Å². The third kappa shape index (κ3) is 7.10. The summed E-state index contributed by atoms with van der Waals surface area (Å²) in [6.45, 7) is 2.01. The summed E-state index contributed by atoms with van der Waals surface area (Å²) in [5.74, 6) is -0.618. The number of hydrazone groups is 1. The average Bonchev–Trinajstić information content (AvgIpc) is 2.83. The summed E-state index contributed by atoms with van der Waals surface area (Å²) in [5, 5.41) is 24.4. The van der Waals surface area contributed by atoms with Gasteiger partial charge in [0.15, 0.2) is 11.5 Å². The number of nitro groups is 1. The van der Waals surface area contributed by atoms with Crippen LogP contribution in [0.4, 0.5) is 24.5 Å². The second-order valence-corrected chi connectivity index (χ2v) is 7.82. The van der Waals surface area contributed by atoms with Gasteiger partial charge in [-0.3, -0.25) is 15.5 Å². The van der Waals surface area contributed by atoms with Gasteiger partial charge in [0, 0.05) is 6.07 Å². The molecule has 0 fully saturated rings. The van der Waals surface area contributed by atoms with Crippen molar-refractivity contribution in [3.05, 3.63) is 92.0 Å². The van der Waals surface area contributed by atoms with Gasteiger partial charge in [0.05, 0.1) is 33.9 Å². The van der Waals surface area contributed by atoms with E-state index in [1.165, 1.54) is 30.5 Å². The molecule has 0 spiro atoms. The first-order valence-corrected chi connectivity index (χ1v) is 10.9. The number of nitrogens with zero attached hydrogens (tertiary/aromatic N) is 2. The number of anilines is 1. The van der Waals surface area contributed by atoms with Crippen molar-refractivity contribution in [2.24, 2.45) is 5.10 Å². The van der Waals surface area contributed by atoms with Gasteiger partial charge in [0.1, 0.15) is 12.3 Å². The van der Waals surface area contributed by atoms with Crippen LogP contribution < -0.4 is 14.9 Å². The van der Waals surface area contributed by atoms with E-state index in [1.54, 1.807) is 19.1 Å². The van der Waals surface area contributed by atoms with Crippen molar-refractivity contribution in [2.45, 2.75) is 19.7 Å². The monoisotopic (exact) mass is 537 g/mol. The number of aromatic carboxylic acids is 1. The maximum Gasteiger partial charge on any atom is 0.416 e. The SMILES string of the molecule is CCOc1cc(/C=N\Nc2ccc(C(F)(F)F)cc2[N+](=O)[O-])cc(Cl)c1OCc1cccc(C(=O)O)c1. The third-order valence-electron chi connectivity index (χ3n) is 4.81. The number of halogens is 4. The Bertz CT molecular complexity index is 1350. The fourth-order valence-electron chi connectivity index (χ4n) is 3.15. The molecular weight excluding hydrogens is 519 g/mol. The standard InChI is InChI=1S/C24H19ClF3N3O6/c1-2-36-21-10-15(9-18(25)22(21)37-13-14-4-3-5-16(8-14)23(32)33)12-29-30-19-7-6-17(24(26,27)28)11-20(19)31(34)35/h3-12,30H,2,13H2,1H3,(H,32,33)/b29-12-. The van der Waals surface area contributed by atoms with E-state index in [-0.39, 0.29) is 41.0 Å². The Morgan fingerprint density at radius 1 is 1.19 bits per heavy atom. The largest absolute Gasteiger partial charge is 0.490 e. The second-order valence-electron chi connectivity index (χ2n) is 7.41. The fraction of sp³-hybridized carbons (Fsp3) is 0.167. The fourth-order valence-corrected chi connectivity index (χ4v) is 3.42. The Balaban J connectivity index is 1.80. The molecule has 0 aliphatic rings. The number of nitro benzene ring substituents is 1. The highest BCUT2D eigenvalue weighted by atomic mass is 35.5. The number of carbonyl (C=O) groups is 1. The van der Waals surface area contributed by atoms with Crippen LogP contribution in [-0.2, 0) is 12.8 Å². The van der Waals surface area contributed by atoms with Gasteiger partial charge in [-0.1, -0.05) is 23.7 Å². The lowest BCUT2D eigenvalue weighted by atomic mass is 10.1. The number of alkyl halides is 3.